The second-order valence-electron chi connectivity index (χ2n) is 4.41. The number of aryl methyl sites for hydroxylation is 1. The average Bonchev–Trinajstić information content (AvgIpc) is 2.88. The van der Waals surface area contributed by atoms with Crippen molar-refractivity contribution in [2.75, 3.05) is 0 Å². The van der Waals surface area contributed by atoms with Crippen LogP contribution in [0.4, 0.5) is 0 Å². The van der Waals surface area contributed by atoms with Crippen molar-refractivity contribution in [3.05, 3.63) is 65.1 Å². The molecule has 0 saturated carbocycles. The minimum absolute atomic E-state index is 0.0144. The number of carbonyl (C=O) groups excluding carboxylic acids is 2. The Morgan fingerprint density at radius 1 is 1.24 bits per heavy atom. The SMILES string of the molecule is Cc1ccc(C=CC(=O)OCc2ccccc2C(N)=O)o1. The number of primary amides is 1. The third kappa shape index (κ3) is 4.07. The van der Waals surface area contributed by atoms with E-state index in [4.69, 9.17) is 14.9 Å². The molecule has 1 aromatic carbocycles. The van der Waals surface area contributed by atoms with Gasteiger partial charge in [0.15, 0.2) is 0 Å². The van der Waals surface area contributed by atoms with Gasteiger partial charge in [-0.25, -0.2) is 4.79 Å². The van der Waals surface area contributed by atoms with Gasteiger partial charge in [-0.2, -0.15) is 0 Å². The molecule has 0 aliphatic heterocycles. The molecule has 0 spiro atoms. The molecule has 1 amide bonds. The van der Waals surface area contributed by atoms with Crippen molar-refractivity contribution in [3.63, 3.8) is 0 Å². The summed E-state index contributed by atoms with van der Waals surface area (Å²) >= 11 is 0. The van der Waals surface area contributed by atoms with Crippen LogP contribution >= 0.6 is 0 Å². The van der Waals surface area contributed by atoms with E-state index < -0.39 is 11.9 Å². The summed E-state index contributed by atoms with van der Waals surface area (Å²) in [5.74, 6) is 0.256. The molecular formula is C16H15NO4. The van der Waals surface area contributed by atoms with Crippen molar-refractivity contribution in [1.29, 1.82) is 0 Å². The van der Waals surface area contributed by atoms with Crippen LogP contribution in [0.15, 0.2) is 46.9 Å². The first-order valence-electron chi connectivity index (χ1n) is 6.35. The van der Waals surface area contributed by atoms with Gasteiger partial charge >= 0.3 is 5.97 Å². The molecule has 2 N–H and O–H groups in total. The van der Waals surface area contributed by atoms with Gasteiger partial charge in [-0.05, 0) is 31.2 Å². The fourth-order valence-corrected chi connectivity index (χ4v) is 1.78. The summed E-state index contributed by atoms with van der Waals surface area (Å²) in [6.45, 7) is 1.80. The number of amides is 1. The second kappa shape index (κ2) is 6.56. The Balaban J connectivity index is 1.95. The van der Waals surface area contributed by atoms with Gasteiger partial charge in [0, 0.05) is 17.2 Å². The van der Waals surface area contributed by atoms with Crippen LogP contribution in [0.25, 0.3) is 6.08 Å². The first-order chi connectivity index (χ1) is 10.1. The van der Waals surface area contributed by atoms with Crippen LogP contribution in [0.5, 0.6) is 0 Å². The summed E-state index contributed by atoms with van der Waals surface area (Å²) in [6, 6.07) is 10.3. The standard InChI is InChI=1S/C16H15NO4/c1-11-6-7-13(21-11)8-9-15(18)20-10-12-4-2-3-5-14(12)16(17)19/h2-9H,10H2,1H3,(H2,17,19). The van der Waals surface area contributed by atoms with E-state index in [1.165, 1.54) is 12.2 Å². The highest BCUT2D eigenvalue weighted by Gasteiger charge is 2.08. The van der Waals surface area contributed by atoms with Gasteiger partial charge in [0.2, 0.25) is 5.91 Å². The third-order valence-corrected chi connectivity index (χ3v) is 2.80. The molecule has 0 atom stereocenters. The Morgan fingerprint density at radius 2 is 2.00 bits per heavy atom. The van der Waals surface area contributed by atoms with Crippen LogP contribution < -0.4 is 5.73 Å². The van der Waals surface area contributed by atoms with E-state index in [1.54, 1.807) is 36.4 Å². The quantitative estimate of drug-likeness (QED) is 0.675. The third-order valence-electron chi connectivity index (χ3n) is 2.80. The smallest absolute Gasteiger partial charge is 0.331 e. The molecule has 108 valence electrons. The number of rotatable bonds is 5. The fourth-order valence-electron chi connectivity index (χ4n) is 1.78. The van der Waals surface area contributed by atoms with Gasteiger partial charge in [0.05, 0.1) is 0 Å². The van der Waals surface area contributed by atoms with Crippen molar-refractivity contribution >= 4 is 18.0 Å². The van der Waals surface area contributed by atoms with Gasteiger partial charge in [-0.1, -0.05) is 18.2 Å². The van der Waals surface area contributed by atoms with Crippen LogP contribution in [0.3, 0.4) is 0 Å². The zero-order valence-corrected chi connectivity index (χ0v) is 11.5. The van der Waals surface area contributed by atoms with Crippen LogP contribution in [-0.2, 0) is 16.1 Å². The Hall–Kier alpha value is -2.82. The zero-order valence-electron chi connectivity index (χ0n) is 11.5. The van der Waals surface area contributed by atoms with Gasteiger partial charge in [-0.3, -0.25) is 4.79 Å². The summed E-state index contributed by atoms with van der Waals surface area (Å²) in [7, 11) is 0. The number of hydrogen-bond donors (Lipinski definition) is 1. The van der Waals surface area contributed by atoms with Crippen molar-refractivity contribution in [3.8, 4) is 0 Å². The second-order valence-corrected chi connectivity index (χ2v) is 4.41. The highest BCUT2D eigenvalue weighted by molar-refractivity contribution is 5.94. The molecule has 2 rings (SSSR count). The number of hydrogen-bond acceptors (Lipinski definition) is 4. The van der Waals surface area contributed by atoms with Crippen LogP contribution in [0, 0.1) is 6.92 Å². The first-order valence-corrected chi connectivity index (χ1v) is 6.35. The molecule has 5 heteroatoms. The monoisotopic (exact) mass is 285 g/mol. The van der Waals surface area contributed by atoms with Gasteiger partial charge < -0.3 is 14.9 Å². The van der Waals surface area contributed by atoms with Gasteiger partial charge in [0.25, 0.3) is 0 Å². The summed E-state index contributed by atoms with van der Waals surface area (Å²) in [5, 5.41) is 0. The maximum absolute atomic E-state index is 11.6. The van der Waals surface area contributed by atoms with Crippen molar-refractivity contribution in [1.82, 2.24) is 0 Å². The predicted molar refractivity (Wildman–Crippen MR) is 77.2 cm³/mol. The lowest BCUT2D eigenvalue weighted by Crippen LogP contribution is -2.14. The minimum atomic E-state index is -0.553. The van der Waals surface area contributed by atoms with Crippen LogP contribution in [-0.4, -0.2) is 11.9 Å². The number of furan rings is 1. The molecule has 1 heterocycles. The number of nitrogens with two attached hydrogens (primary N) is 1. The lowest BCUT2D eigenvalue weighted by molar-refractivity contribution is -0.138. The molecule has 0 fully saturated rings. The van der Waals surface area contributed by atoms with E-state index in [9.17, 15) is 9.59 Å². The fraction of sp³-hybridized carbons (Fsp3) is 0.125. The highest BCUT2D eigenvalue weighted by atomic mass is 16.5. The lowest BCUT2D eigenvalue weighted by atomic mass is 10.1. The summed E-state index contributed by atoms with van der Waals surface area (Å²) in [5.41, 5.74) is 6.17. The molecule has 0 bridgehead atoms. The summed E-state index contributed by atoms with van der Waals surface area (Å²) in [6.07, 6.45) is 2.79. The maximum atomic E-state index is 11.6. The number of esters is 1. The molecule has 2 aromatic rings. The normalized spacial score (nSPS) is 10.7. The Bertz CT molecular complexity index is 685. The molecule has 0 saturated heterocycles. The molecule has 0 radical (unpaired) electrons. The van der Waals surface area contributed by atoms with E-state index in [1.807, 2.05) is 6.92 Å². The van der Waals surface area contributed by atoms with E-state index in [0.29, 0.717) is 16.9 Å². The molecule has 0 unspecified atom stereocenters. The van der Waals surface area contributed by atoms with Crippen molar-refractivity contribution in [2.24, 2.45) is 5.73 Å². The predicted octanol–water partition coefficient (Wildman–Crippen LogP) is 2.44. The first kappa shape index (κ1) is 14.6. The molecule has 0 aliphatic rings. The van der Waals surface area contributed by atoms with Crippen LogP contribution in [0.1, 0.15) is 27.4 Å². The summed E-state index contributed by atoms with van der Waals surface area (Å²) < 4.78 is 10.4. The highest BCUT2D eigenvalue weighted by Crippen LogP contribution is 2.11. The van der Waals surface area contributed by atoms with E-state index in [0.717, 1.165) is 5.76 Å². The van der Waals surface area contributed by atoms with E-state index in [2.05, 4.69) is 0 Å². The van der Waals surface area contributed by atoms with E-state index >= 15 is 0 Å². The van der Waals surface area contributed by atoms with Gasteiger partial charge in [-0.15, -0.1) is 0 Å². The molecule has 21 heavy (non-hydrogen) atoms. The molecular weight excluding hydrogens is 270 g/mol. The Morgan fingerprint density at radius 3 is 2.67 bits per heavy atom. The number of benzene rings is 1. The van der Waals surface area contributed by atoms with E-state index in [-0.39, 0.29) is 6.61 Å². The number of ether oxygens (including phenoxy) is 1. The Kier molecular flexibility index (Phi) is 4.56. The van der Waals surface area contributed by atoms with Crippen molar-refractivity contribution < 1.29 is 18.7 Å². The Labute approximate surface area is 122 Å². The average molecular weight is 285 g/mol. The molecule has 1 aromatic heterocycles. The maximum Gasteiger partial charge on any atom is 0.331 e. The zero-order chi connectivity index (χ0) is 15.2. The number of carbonyl (C=O) groups is 2. The largest absolute Gasteiger partial charge is 0.462 e. The summed E-state index contributed by atoms with van der Waals surface area (Å²) in [4.78, 5) is 22.8. The van der Waals surface area contributed by atoms with Crippen LogP contribution in [0.2, 0.25) is 0 Å². The van der Waals surface area contributed by atoms with Gasteiger partial charge in [0.1, 0.15) is 18.1 Å². The topological polar surface area (TPSA) is 82.5 Å². The minimum Gasteiger partial charge on any atom is -0.462 e. The van der Waals surface area contributed by atoms with Crippen molar-refractivity contribution in [2.45, 2.75) is 13.5 Å². The molecule has 5 nitrogen and oxygen atoms in total. The molecule has 0 aliphatic carbocycles. The lowest BCUT2D eigenvalue weighted by Gasteiger charge is -2.06.